The fraction of sp³-hybridized carbons (Fsp3) is 0.476. The van der Waals surface area contributed by atoms with Crippen LogP contribution >= 0.6 is 11.3 Å². The average Bonchev–Trinajstić information content (AvgIpc) is 3.30. The van der Waals surface area contributed by atoms with E-state index in [0.29, 0.717) is 16.9 Å². The summed E-state index contributed by atoms with van der Waals surface area (Å²) < 4.78 is 16.5. The molecule has 2 aliphatic heterocycles. The molecular formula is C21H24O7S. The molecule has 2 aromatic rings. The van der Waals surface area contributed by atoms with E-state index in [-0.39, 0.29) is 12.6 Å². The van der Waals surface area contributed by atoms with Gasteiger partial charge in [-0.1, -0.05) is 6.07 Å². The summed E-state index contributed by atoms with van der Waals surface area (Å²) in [5.74, 6) is -1.87. The number of rotatable bonds is 3. The Morgan fingerprint density at radius 2 is 2.03 bits per heavy atom. The predicted molar refractivity (Wildman–Crippen MR) is 105 cm³/mol. The van der Waals surface area contributed by atoms with Gasteiger partial charge in [0.1, 0.15) is 23.2 Å². The van der Waals surface area contributed by atoms with E-state index in [1.54, 1.807) is 13.0 Å². The summed E-state index contributed by atoms with van der Waals surface area (Å²) in [6.07, 6.45) is -4.11. The largest absolute Gasteiger partial charge is 0.465 e. The molecule has 1 aromatic heterocycles. The zero-order valence-electron chi connectivity index (χ0n) is 16.4. The molecule has 0 radical (unpaired) electrons. The molecule has 4 rings (SSSR count). The van der Waals surface area contributed by atoms with Crippen LogP contribution in [0, 0.1) is 6.92 Å². The summed E-state index contributed by atoms with van der Waals surface area (Å²) in [6, 6.07) is 7.55. The SMILES string of the molecule is COC(=O)c1ccc(Cc2cc3c(cc2C)CO[C@]32O[C@H](C)[C@@H](O)[C@H](O)[C@H]2O)s1. The fourth-order valence-electron chi connectivity index (χ4n) is 4.03. The summed E-state index contributed by atoms with van der Waals surface area (Å²) in [5, 5.41) is 31.0. The van der Waals surface area contributed by atoms with Crippen LogP contribution < -0.4 is 0 Å². The van der Waals surface area contributed by atoms with Crippen molar-refractivity contribution >= 4 is 17.3 Å². The normalized spacial score (nSPS) is 31.1. The lowest BCUT2D eigenvalue weighted by Crippen LogP contribution is -2.62. The first kappa shape index (κ1) is 20.5. The molecule has 0 saturated carbocycles. The van der Waals surface area contributed by atoms with Crippen molar-refractivity contribution in [1.29, 1.82) is 0 Å². The molecule has 156 valence electrons. The van der Waals surface area contributed by atoms with Crippen molar-refractivity contribution in [2.45, 2.75) is 57.1 Å². The first-order chi connectivity index (χ1) is 13.8. The molecule has 3 heterocycles. The molecule has 3 N–H and O–H groups in total. The molecular weight excluding hydrogens is 396 g/mol. The molecule has 1 aromatic carbocycles. The van der Waals surface area contributed by atoms with E-state index in [0.717, 1.165) is 21.6 Å². The summed E-state index contributed by atoms with van der Waals surface area (Å²) in [7, 11) is 1.35. The van der Waals surface area contributed by atoms with Gasteiger partial charge in [-0.15, -0.1) is 11.3 Å². The minimum atomic E-state index is -1.51. The lowest BCUT2D eigenvalue weighted by molar-refractivity contribution is -0.362. The number of aliphatic hydroxyl groups excluding tert-OH is 3. The molecule has 0 bridgehead atoms. The number of methoxy groups -OCH3 is 1. The second kappa shape index (κ2) is 7.46. The molecule has 0 unspecified atom stereocenters. The third-order valence-corrected chi connectivity index (χ3v) is 6.76. The Labute approximate surface area is 172 Å². The van der Waals surface area contributed by atoms with Crippen LogP contribution in [0.4, 0.5) is 0 Å². The minimum Gasteiger partial charge on any atom is -0.465 e. The predicted octanol–water partition coefficient (Wildman–Crippen LogP) is 1.62. The fourth-order valence-corrected chi connectivity index (χ4v) is 4.98. The number of carbonyl (C=O) groups excluding carboxylic acids is 1. The van der Waals surface area contributed by atoms with Gasteiger partial charge in [-0.3, -0.25) is 0 Å². The Balaban J connectivity index is 1.69. The van der Waals surface area contributed by atoms with Crippen LogP contribution in [-0.2, 0) is 33.0 Å². The quantitative estimate of drug-likeness (QED) is 0.648. The average molecular weight is 420 g/mol. The number of carbonyl (C=O) groups is 1. The number of ether oxygens (including phenoxy) is 3. The van der Waals surface area contributed by atoms with Crippen LogP contribution in [0.2, 0.25) is 0 Å². The smallest absolute Gasteiger partial charge is 0.348 e. The van der Waals surface area contributed by atoms with Gasteiger partial charge in [0.25, 0.3) is 0 Å². The van der Waals surface area contributed by atoms with Gasteiger partial charge in [0, 0.05) is 16.9 Å². The highest BCUT2D eigenvalue weighted by atomic mass is 32.1. The van der Waals surface area contributed by atoms with Gasteiger partial charge >= 0.3 is 5.97 Å². The minimum absolute atomic E-state index is 0.245. The van der Waals surface area contributed by atoms with Gasteiger partial charge in [0.2, 0.25) is 5.79 Å². The van der Waals surface area contributed by atoms with Crippen molar-refractivity contribution in [3.8, 4) is 0 Å². The number of hydrogen-bond acceptors (Lipinski definition) is 8. The number of aliphatic hydroxyl groups is 3. The Kier molecular flexibility index (Phi) is 5.27. The third-order valence-electron chi connectivity index (χ3n) is 5.70. The summed E-state index contributed by atoms with van der Waals surface area (Å²) in [6.45, 7) is 3.88. The van der Waals surface area contributed by atoms with Gasteiger partial charge in [-0.25, -0.2) is 4.79 Å². The number of fused-ring (bicyclic) bond motifs is 2. The molecule has 0 amide bonds. The van der Waals surface area contributed by atoms with Crippen LogP contribution in [-0.4, -0.2) is 52.8 Å². The summed E-state index contributed by atoms with van der Waals surface area (Å²) in [4.78, 5) is 13.2. The topological polar surface area (TPSA) is 105 Å². The highest BCUT2D eigenvalue weighted by molar-refractivity contribution is 7.13. The first-order valence-corrected chi connectivity index (χ1v) is 10.2. The van der Waals surface area contributed by atoms with Gasteiger partial charge in [0.05, 0.1) is 19.8 Å². The molecule has 5 atom stereocenters. The Morgan fingerprint density at radius 3 is 2.76 bits per heavy atom. The van der Waals surface area contributed by atoms with Crippen molar-refractivity contribution in [2.75, 3.05) is 7.11 Å². The van der Waals surface area contributed by atoms with Crippen molar-refractivity contribution in [3.05, 3.63) is 56.3 Å². The van der Waals surface area contributed by atoms with Gasteiger partial charge in [-0.2, -0.15) is 0 Å². The van der Waals surface area contributed by atoms with E-state index in [9.17, 15) is 20.1 Å². The van der Waals surface area contributed by atoms with E-state index in [1.807, 2.05) is 25.1 Å². The zero-order chi connectivity index (χ0) is 20.9. The second-order valence-corrected chi connectivity index (χ2v) is 8.74. The zero-order valence-corrected chi connectivity index (χ0v) is 17.2. The van der Waals surface area contributed by atoms with Crippen molar-refractivity contribution in [2.24, 2.45) is 0 Å². The second-order valence-electron chi connectivity index (χ2n) is 7.58. The van der Waals surface area contributed by atoms with Crippen molar-refractivity contribution in [1.82, 2.24) is 0 Å². The van der Waals surface area contributed by atoms with E-state index in [4.69, 9.17) is 14.2 Å². The molecule has 7 nitrogen and oxygen atoms in total. The van der Waals surface area contributed by atoms with Crippen LogP contribution in [0.3, 0.4) is 0 Å². The van der Waals surface area contributed by atoms with E-state index >= 15 is 0 Å². The Hall–Kier alpha value is -1.81. The summed E-state index contributed by atoms with van der Waals surface area (Å²) >= 11 is 1.37. The number of benzene rings is 1. The van der Waals surface area contributed by atoms with Gasteiger partial charge < -0.3 is 29.5 Å². The van der Waals surface area contributed by atoms with Crippen LogP contribution in [0.1, 0.15) is 43.7 Å². The highest BCUT2D eigenvalue weighted by Crippen LogP contribution is 2.46. The summed E-state index contributed by atoms with van der Waals surface area (Å²) in [5.41, 5.74) is 3.59. The molecule has 8 heteroatoms. The number of hydrogen-bond donors (Lipinski definition) is 3. The van der Waals surface area contributed by atoms with Gasteiger partial charge in [-0.05, 0) is 48.7 Å². The van der Waals surface area contributed by atoms with Crippen molar-refractivity contribution in [3.63, 3.8) is 0 Å². The van der Waals surface area contributed by atoms with E-state index in [1.165, 1.54) is 18.4 Å². The maximum absolute atomic E-state index is 11.7. The van der Waals surface area contributed by atoms with Crippen LogP contribution in [0.15, 0.2) is 24.3 Å². The number of esters is 1. The van der Waals surface area contributed by atoms with Gasteiger partial charge in [0.15, 0.2) is 0 Å². The highest BCUT2D eigenvalue weighted by Gasteiger charge is 2.57. The molecule has 29 heavy (non-hydrogen) atoms. The maximum Gasteiger partial charge on any atom is 0.348 e. The molecule has 2 aliphatic rings. The molecule has 1 fully saturated rings. The number of aryl methyl sites for hydroxylation is 1. The maximum atomic E-state index is 11.7. The van der Waals surface area contributed by atoms with E-state index < -0.39 is 30.2 Å². The number of thiophene rings is 1. The molecule has 1 saturated heterocycles. The van der Waals surface area contributed by atoms with Crippen molar-refractivity contribution < 1.29 is 34.3 Å². The molecule has 0 aliphatic carbocycles. The first-order valence-electron chi connectivity index (χ1n) is 9.42. The lowest BCUT2D eigenvalue weighted by atomic mass is 9.86. The van der Waals surface area contributed by atoms with Crippen LogP contribution in [0.5, 0.6) is 0 Å². The van der Waals surface area contributed by atoms with E-state index in [2.05, 4.69) is 0 Å². The lowest BCUT2D eigenvalue weighted by Gasteiger charge is -2.45. The molecule has 1 spiro atoms. The third kappa shape index (κ3) is 3.30. The standard InChI is InChI=1S/C21H24O7S/c1-10-6-13-9-27-21(19(24)18(23)17(22)11(2)28-21)15(13)8-12(10)7-14-4-5-16(29-14)20(25)26-3/h4-6,8,11,17-19,22-24H,7,9H2,1-3H3/t11-,17-,18+,19-,21+/m1/s1. The van der Waals surface area contributed by atoms with Crippen LogP contribution in [0.25, 0.3) is 0 Å². The monoisotopic (exact) mass is 420 g/mol. The Morgan fingerprint density at radius 1 is 1.28 bits per heavy atom. The Bertz CT molecular complexity index is 939.